The summed E-state index contributed by atoms with van der Waals surface area (Å²) in [6, 6.07) is 16.2. The second-order valence-electron chi connectivity index (χ2n) is 8.69. The first-order valence-electron chi connectivity index (χ1n) is 10.8. The number of amides is 1. The van der Waals surface area contributed by atoms with Gasteiger partial charge in [0.2, 0.25) is 5.91 Å². The molecule has 0 radical (unpaired) electrons. The predicted molar refractivity (Wildman–Crippen MR) is 119 cm³/mol. The van der Waals surface area contributed by atoms with Crippen molar-refractivity contribution in [1.29, 1.82) is 0 Å². The Bertz CT molecular complexity index is 834. The monoisotopic (exact) mass is 410 g/mol. The highest BCUT2D eigenvalue weighted by Gasteiger charge is 2.27. The van der Waals surface area contributed by atoms with Crippen LogP contribution in [0.4, 0.5) is 0 Å². The van der Waals surface area contributed by atoms with Crippen LogP contribution in [-0.4, -0.2) is 54.6 Å². The van der Waals surface area contributed by atoms with Gasteiger partial charge in [0.05, 0.1) is 12.1 Å². The molecule has 2 aromatic rings. The summed E-state index contributed by atoms with van der Waals surface area (Å²) in [6.07, 6.45) is 3.45. The number of ether oxygens (including phenoxy) is 1. The predicted octanol–water partition coefficient (Wildman–Crippen LogP) is 3.59. The van der Waals surface area contributed by atoms with Crippen LogP contribution in [0, 0.1) is 0 Å². The molecule has 1 aliphatic rings. The molecule has 3 rings (SSSR count). The fourth-order valence-corrected chi connectivity index (χ4v) is 4.06. The van der Waals surface area contributed by atoms with Crippen LogP contribution in [0.15, 0.2) is 48.5 Å². The summed E-state index contributed by atoms with van der Waals surface area (Å²) in [5.74, 6) is 0.976. The van der Waals surface area contributed by atoms with Gasteiger partial charge in [-0.25, -0.2) is 0 Å². The Balaban J connectivity index is 1.59. The molecule has 0 spiro atoms. The van der Waals surface area contributed by atoms with Crippen LogP contribution >= 0.6 is 0 Å². The van der Waals surface area contributed by atoms with Gasteiger partial charge in [0.1, 0.15) is 12.4 Å². The maximum absolute atomic E-state index is 12.8. The van der Waals surface area contributed by atoms with Crippen molar-refractivity contribution in [2.75, 3.05) is 33.8 Å². The topological polar surface area (TPSA) is 53.0 Å². The van der Waals surface area contributed by atoms with Gasteiger partial charge in [0, 0.05) is 25.1 Å². The lowest BCUT2D eigenvalue weighted by Crippen LogP contribution is -2.35. The van der Waals surface area contributed by atoms with E-state index in [4.69, 9.17) is 4.74 Å². The molecule has 1 unspecified atom stereocenters. The normalized spacial score (nSPS) is 15.8. The molecule has 1 aliphatic heterocycles. The van der Waals surface area contributed by atoms with Crippen molar-refractivity contribution in [3.8, 4) is 5.75 Å². The zero-order chi connectivity index (χ0) is 21.6. The molecule has 1 N–H and O–H groups in total. The van der Waals surface area contributed by atoms with Crippen molar-refractivity contribution < 1.29 is 14.6 Å². The van der Waals surface area contributed by atoms with E-state index in [0.717, 1.165) is 36.1 Å². The minimum atomic E-state index is -0.961. The molecule has 1 heterocycles. The van der Waals surface area contributed by atoms with E-state index in [-0.39, 0.29) is 5.91 Å². The van der Waals surface area contributed by atoms with Gasteiger partial charge in [-0.2, -0.15) is 0 Å². The Morgan fingerprint density at radius 2 is 1.93 bits per heavy atom. The number of aliphatic hydroxyl groups is 1. The molecular weight excluding hydrogens is 376 g/mol. The Hall–Kier alpha value is -2.37. The van der Waals surface area contributed by atoms with E-state index in [1.807, 2.05) is 55.1 Å². The highest BCUT2D eigenvalue weighted by atomic mass is 16.5. The van der Waals surface area contributed by atoms with Crippen LogP contribution in [0.25, 0.3) is 0 Å². The first-order valence-corrected chi connectivity index (χ1v) is 10.8. The first kappa shape index (κ1) is 22.3. The van der Waals surface area contributed by atoms with Crippen molar-refractivity contribution >= 4 is 5.91 Å². The standard InChI is InChI=1S/C25H34N2O3/c1-25(29,19-26(2)3)22-13-14-23-21(17-22)18-27(15-16-30-23)24(28)12-8-7-11-20-9-5-4-6-10-20/h4-6,9-10,13-14,17,29H,7-8,11-12,15-16,18-19H2,1-3H3. The fourth-order valence-electron chi connectivity index (χ4n) is 4.06. The number of fused-ring (bicyclic) bond motifs is 1. The number of unbranched alkanes of at least 4 members (excludes halogenated alkanes) is 1. The van der Waals surface area contributed by atoms with Gasteiger partial charge >= 0.3 is 0 Å². The van der Waals surface area contributed by atoms with Gasteiger partial charge in [-0.3, -0.25) is 4.79 Å². The third-order valence-electron chi connectivity index (χ3n) is 5.59. The van der Waals surface area contributed by atoms with E-state index in [9.17, 15) is 9.90 Å². The largest absolute Gasteiger partial charge is 0.491 e. The number of rotatable bonds is 8. The lowest BCUT2D eigenvalue weighted by molar-refractivity contribution is -0.132. The van der Waals surface area contributed by atoms with Crippen molar-refractivity contribution in [3.63, 3.8) is 0 Å². The lowest BCUT2D eigenvalue weighted by Gasteiger charge is -2.28. The minimum absolute atomic E-state index is 0.171. The van der Waals surface area contributed by atoms with Crippen LogP contribution in [0.3, 0.4) is 0 Å². The maximum Gasteiger partial charge on any atom is 0.222 e. The molecule has 5 nitrogen and oxygen atoms in total. The number of aryl methyl sites for hydroxylation is 1. The molecule has 162 valence electrons. The minimum Gasteiger partial charge on any atom is -0.491 e. The van der Waals surface area contributed by atoms with Crippen molar-refractivity contribution in [2.24, 2.45) is 0 Å². The molecule has 30 heavy (non-hydrogen) atoms. The Labute approximate surface area is 180 Å². The van der Waals surface area contributed by atoms with E-state index >= 15 is 0 Å². The summed E-state index contributed by atoms with van der Waals surface area (Å²) in [5.41, 5.74) is 2.16. The third kappa shape index (κ3) is 6.07. The smallest absolute Gasteiger partial charge is 0.222 e. The second-order valence-corrected chi connectivity index (χ2v) is 8.69. The van der Waals surface area contributed by atoms with Crippen LogP contribution < -0.4 is 4.74 Å². The molecule has 0 fully saturated rings. The average molecular weight is 411 g/mol. The first-order chi connectivity index (χ1) is 14.3. The van der Waals surface area contributed by atoms with Gasteiger partial charge in [-0.1, -0.05) is 36.4 Å². The van der Waals surface area contributed by atoms with Gasteiger partial charge in [-0.05, 0) is 63.5 Å². The Kier molecular flexibility index (Phi) is 7.51. The molecule has 0 aliphatic carbocycles. The highest BCUT2D eigenvalue weighted by molar-refractivity contribution is 5.76. The number of hydrogen-bond donors (Lipinski definition) is 1. The van der Waals surface area contributed by atoms with Crippen molar-refractivity contribution in [1.82, 2.24) is 9.80 Å². The average Bonchev–Trinajstić information content (AvgIpc) is 2.93. The molecule has 1 atom stereocenters. The van der Waals surface area contributed by atoms with Crippen LogP contribution in [0.1, 0.15) is 42.9 Å². The van der Waals surface area contributed by atoms with Gasteiger partial charge in [0.25, 0.3) is 0 Å². The van der Waals surface area contributed by atoms with Gasteiger partial charge < -0.3 is 19.6 Å². The number of carbonyl (C=O) groups is 1. The van der Waals surface area contributed by atoms with Crippen LogP contribution in [-0.2, 0) is 23.4 Å². The zero-order valence-corrected chi connectivity index (χ0v) is 18.4. The molecule has 0 bridgehead atoms. The summed E-state index contributed by atoms with van der Waals surface area (Å²) >= 11 is 0. The number of benzene rings is 2. The second kappa shape index (κ2) is 10.1. The molecular formula is C25H34N2O3. The molecule has 5 heteroatoms. The summed E-state index contributed by atoms with van der Waals surface area (Å²) in [5, 5.41) is 10.9. The molecule has 1 amide bonds. The van der Waals surface area contributed by atoms with Gasteiger partial charge in [0.15, 0.2) is 0 Å². The maximum atomic E-state index is 12.8. The number of hydrogen-bond acceptors (Lipinski definition) is 4. The molecule has 2 aromatic carbocycles. The van der Waals surface area contributed by atoms with Crippen molar-refractivity contribution in [3.05, 3.63) is 65.2 Å². The van der Waals surface area contributed by atoms with E-state index in [2.05, 4.69) is 24.3 Å². The van der Waals surface area contributed by atoms with E-state index < -0.39 is 5.60 Å². The quantitative estimate of drug-likeness (QED) is 0.676. The van der Waals surface area contributed by atoms with Crippen LogP contribution in [0.5, 0.6) is 5.75 Å². The number of likely N-dealkylation sites (N-methyl/N-ethyl adjacent to an activating group) is 1. The molecule has 0 aromatic heterocycles. The van der Waals surface area contributed by atoms with E-state index in [1.165, 1.54) is 5.56 Å². The molecule has 0 saturated carbocycles. The summed E-state index contributed by atoms with van der Waals surface area (Å²) in [4.78, 5) is 16.7. The SMILES string of the molecule is CN(C)CC(C)(O)c1ccc2c(c1)CN(C(=O)CCCCc1ccccc1)CCO2. The Morgan fingerprint density at radius 3 is 2.67 bits per heavy atom. The molecule has 0 saturated heterocycles. The van der Waals surface area contributed by atoms with Crippen molar-refractivity contribution in [2.45, 2.75) is 44.8 Å². The number of carbonyl (C=O) groups excluding carboxylic acids is 1. The van der Waals surface area contributed by atoms with Gasteiger partial charge in [-0.15, -0.1) is 0 Å². The summed E-state index contributed by atoms with van der Waals surface area (Å²) in [6.45, 7) is 3.96. The van der Waals surface area contributed by atoms with E-state index in [0.29, 0.717) is 32.7 Å². The highest BCUT2D eigenvalue weighted by Crippen LogP contribution is 2.30. The third-order valence-corrected chi connectivity index (χ3v) is 5.59. The zero-order valence-electron chi connectivity index (χ0n) is 18.4. The summed E-state index contributed by atoms with van der Waals surface area (Å²) in [7, 11) is 3.89. The van der Waals surface area contributed by atoms with Crippen LogP contribution in [0.2, 0.25) is 0 Å². The number of nitrogens with zero attached hydrogens (tertiary/aromatic N) is 2. The fraction of sp³-hybridized carbons (Fsp3) is 0.480. The Morgan fingerprint density at radius 1 is 1.17 bits per heavy atom. The lowest BCUT2D eigenvalue weighted by atomic mass is 9.93. The van der Waals surface area contributed by atoms with E-state index in [1.54, 1.807) is 0 Å². The summed E-state index contributed by atoms with van der Waals surface area (Å²) < 4.78 is 5.88.